The number of amides is 1. The molecule has 4 nitrogen and oxygen atoms in total. The van der Waals surface area contributed by atoms with Crippen molar-refractivity contribution in [1.82, 2.24) is 4.90 Å². The van der Waals surface area contributed by atoms with Crippen molar-refractivity contribution in [1.29, 1.82) is 0 Å². The lowest BCUT2D eigenvalue weighted by molar-refractivity contribution is -0.0586. The van der Waals surface area contributed by atoms with Crippen molar-refractivity contribution in [2.45, 2.75) is 32.7 Å². The molecule has 0 radical (unpaired) electrons. The van der Waals surface area contributed by atoms with Crippen molar-refractivity contribution in [3.8, 4) is 5.75 Å². The Morgan fingerprint density at radius 3 is 2.40 bits per heavy atom. The van der Waals surface area contributed by atoms with Gasteiger partial charge in [0.2, 0.25) is 0 Å². The molecule has 1 saturated heterocycles. The third-order valence-electron chi connectivity index (χ3n) is 4.14. The average Bonchev–Trinajstić information content (AvgIpc) is 2.60. The summed E-state index contributed by atoms with van der Waals surface area (Å²) in [5, 5.41) is 0. The van der Waals surface area contributed by atoms with Crippen LogP contribution in [0.15, 0.2) is 53.0 Å². The van der Waals surface area contributed by atoms with Gasteiger partial charge in [-0.05, 0) is 59.6 Å². The summed E-state index contributed by atoms with van der Waals surface area (Å²) >= 11 is 3.47. The maximum atomic E-state index is 12.7. The van der Waals surface area contributed by atoms with Crippen molar-refractivity contribution in [2.75, 3.05) is 13.1 Å². The van der Waals surface area contributed by atoms with Crippen LogP contribution >= 0.6 is 15.9 Å². The number of hydrogen-bond acceptors (Lipinski definition) is 3. The molecule has 132 valence electrons. The van der Waals surface area contributed by atoms with Crippen LogP contribution in [0.4, 0.5) is 0 Å². The molecule has 25 heavy (non-hydrogen) atoms. The van der Waals surface area contributed by atoms with Gasteiger partial charge in [-0.25, -0.2) is 0 Å². The van der Waals surface area contributed by atoms with E-state index in [9.17, 15) is 4.79 Å². The van der Waals surface area contributed by atoms with Crippen molar-refractivity contribution in [3.63, 3.8) is 0 Å². The average molecular weight is 404 g/mol. The molecule has 0 spiro atoms. The fourth-order valence-electron chi connectivity index (χ4n) is 2.99. The first-order chi connectivity index (χ1) is 12.0. The van der Waals surface area contributed by atoms with Gasteiger partial charge in [0.15, 0.2) is 0 Å². The minimum absolute atomic E-state index is 0.0558. The lowest BCUT2D eigenvalue weighted by atomic mass is 10.1. The van der Waals surface area contributed by atoms with Gasteiger partial charge in [0, 0.05) is 18.7 Å². The molecule has 3 rings (SSSR count). The number of benzene rings is 2. The van der Waals surface area contributed by atoms with Crippen LogP contribution < -0.4 is 4.74 Å². The van der Waals surface area contributed by atoms with Crippen LogP contribution in [0.5, 0.6) is 5.75 Å². The number of carbonyl (C=O) groups is 1. The van der Waals surface area contributed by atoms with Gasteiger partial charge in [-0.1, -0.05) is 24.3 Å². The summed E-state index contributed by atoms with van der Waals surface area (Å²) in [6.45, 7) is 5.73. The fraction of sp³-hybridized carbons (Fsp3) is 0.350. The van der Waals surface area contributed by atoms with E-state index in [2.05, 4.69) is 15.9 Å². The zero-order valence-electron chi connectivity index (χ0n) is 14.4. The second kappa shape index (κ2) is 8.02. The zero-order valence-corrected chi connectivity index (χ0v) is 16.0. The van der Waals surface area contributed by atoms with Crippen molar-refractivity contribution < 1.29 is 14.3 Å². The SMILES string of the molecule is C[C@H]1CN(C(=O)c2ccc(COc3ccccc3Br)cc2)C[C@H](C)O1. The maximum Gasteiger partial charge on any atom is 0.254 e. The monoisotopic (exact) mass is 403 g/mol. The summed E-state index contributed by atoms with van der Waals surface area (Å²) in [7, 11) is 0. The molecule has 1 aliphatic heterocycles. The summed E-state index contributed by atoms with van der Waals surface area (Å²) in [6, 6.07) is 15.4. The fourth-order valence-corrected chi connectivity index (χ4v) is 3.39. The van der Waals surface area contributed by atoms with Gasteiger partial charge in [-0.2, -0.15) is 0 Å². The molecule has 1 aliphatic rings. The Morgan fingerprint density at radius 1 is 1.12 bits per heavy atom. The third kappa shape index (κ3) is 4.61. The van der Waals surface area contributed by atoms with E-state index in [1.807, 2.05) is 67.3 Å². The molecule has 0 aliphatic carbocycles. The highest BCUT2D eigenvalue weighted by atomic mass is 79.9. The quantitative estimate of drug-likeness (QED) is 0.764. The molecule has 2 aromatic rings. The molecule has 5 heteroatoms. The number of nitrogens with zero attached hydrogens (tertiary/aromatic N) is 1. The molecule has 1 heterocycles. The molecule has 2 aromatic carbocycles. The first-order valence-corrected chi connectivity index (χ1v) is 9.23. The Hall–Kier alpha value is -1.85. The number of hydrogen-bond donors (Lipinski definition) is 0. The largest absolute Gasteiger partial charge is 0.488 e. The molecule has 0 saturated carbocycles. The standard InChI is InChI=1S/C20H22BrNO3/c1-14-11-22(12-15(2)25-14)20(23)17-9-7-16(8-10-17)13-24-19-6-4-3-5-18(19)21/h3-10,14-15H,11-13H2,1-2H3/t14-,15-/m0/s1. The Morgan fingerprint density at radius 2 is 1.76 bits per heavy atom. The highest BCUT2D eigenvalue weighted by Gasteiger charge is 2.26. The summed E-state index contributed by atoms with van der Waals surface area (Å²) < 4.78 is 12.4. The van der Waals surface area contributed by atoms with Gasteiger partial charge in [-0.15, -0.1) is 0 Å². The summed E-state index contributed by atoms with van der Waals surface area (Å²) in [5.74, 6) is 0.860. The van der Waals surface area contributed by atoms with Crippen LogP contribution in [-0.4, -0.2) is 36.1 Å². The molecule has 1 amide bonds. The minimum Gasteiger partial charge on any atom is -0.488 e. The molecule has 1 fully saturated rings. The molecule has 0 unspecified atom stereocenters. The number of morpholine rings is 1. The van der Waals surface area contributed by atoms with E-state index in [1.165, 1.54) is 0 Å². The van der Waals surface area contributed by atoms with Gasteiger partial charge in [0.05, 0.1) is 16.7 Å². The summed E-state index contributed by atoms with van der Waals surface area (Å²) in [4.78, 5) is 14.5. The highest BCUT2D eigenvalue weighted by molar-refractivity contribution is 9.10. The Balaban J connectivity index is 1.62. The van der Waals surface area contributed by atoms with E-state index < -0.39 is 0 Å². The molecular weight excluding hydrogens is 382 g/mol. The van der Waals surface area contributed by atoms with E-state index in [0.717, 1.165) is 15.8 Å². The number of rotatable bonds is 4. The molecule has 0 bridgehead atoms. The smallest absolute Gasteiger partial charge is 0.254 e. The number of carbonyl (C=O) groups excluding carboxylic acids is 1. The van der Waals surface area contributed by atoms with Gasteiger partial charge < -0.3 is 14.4 Å². The van der Waals surface area contributed by atoms with Gasteiger partial charge in [0.25, 0.3) is 5.91 Å². The molecule has 0 aromatic heterocycles. The van der Waals surface area contributed by atoms with Crippen LogP contribution in [0.1, 0.15) is 29.8 Å². The van der Waals surface area contributed by atoms with Crippen LogP contribution in [0.2, 0.25) is 0 Å². The summed E-state index contributed by atoms with van der Waals surface area (Å²) in [5.41, 5.74) is 1.72. The number of para-hydroxylation sites is 1. The highest BCUT2D eigenvalue weighted by Crippen LogP contribution is 2.24. The topological polar surface area (TPSA) is 38.8 Å². The van der Waals surface area contributed by atoms with Gasteiger partial charge in [0.1, 0.15) is 12.4 Å². The van der Waals surface area contributed by atoms with Gasteiger partial charge in [-0.3, -0.25) is 4.79 Å². The third-order valence-corrected chi connectivity index (χ3v) is 4.79. The van der Waals surface area contributed by atoms with Crippen LogP contribution in [-0.2, 0) is 11.3 Å². The van der Waals surface area contributed by atoms with Crippen molar-refractivity contribution in [3.05, 3.63) is 64.1 Å². The normalized spacial score (nSPS) is 20.4. The van der Waals surface area contributed by atoms with Crippen molar-refractivity contribution in [2.24, 2.45) is 0 Å². The number of halogens is 1. The van der Waals surface area contributed by atoms with Crippen LogP contribution in [0, 0.1) is 0 Å². The zero-order chi connectivity index (χ0) is 17.8. The van der Waals surface area contributed by atoms with E-state index in [0.29, 0.717) is 25.3 Å². The second-order valence-electron chi connectivity index (χ2n) is 6.38. The Labute approximate surface area is 156 Å². The summed E-state index contributed by atoms with van der Waals surface area (Å²) in [6.07, 6.45) is 0.148. The predicted molar refractivity (Wildman–Crippen MR) is 101 cm³/mol. The van der Waals surface area contributed by atoms with Crippen LogP contribution in [0.25, 0.3) is 0 Å². The maximum absolute atomic E-state index is 12.7. The van der Waals surface area contributed by atoms with Gasteiger partial charge >= 0.3 is 0 Å². The Bertz CT molecular complexity index is 722. The predicted octanol–water partition coefficient (Wildman–Crippen LogP) is 4.28. The van der Waals surface area contributed by atoms with E-state index >= 15 is 0 Å². The first kappa shape index (κ1) is 18.0. The second-order valence-corrected chi connectivity index (χ2v) is 7.24. The van der Waals surface area contributed by atoms with Crippen LogP contribution in [0.3, 0.4) is 0 Å². The van der Waals surface area contributed by atoms with E-state index in [1.54, 1.807) is 0 Å². The van der Waals surface area contributed by atoms with Crippen molar-refractivity contribution >= 4 is 21.8 Å². The number of ether oxygens (including phenoxy) is 2. The minimum atomic E-state index is 0.0558. The lowest BCUT2D eigenvalue weighted by Gasteiger charge is -2.35. The Kier molecular flexibility index (Phi) is 5.76. The van der Waals surface area contributed by atoms with E-state index in [4.69, 9.17) is 9.47 Å². The lowest BCUT2D eigenvalue weighted by Crippen LogP contribution is -2.48. The van der Waals surface area contributed by atoms with E-state index in [-0.39, 0.29) is 18.1 Å². The molecule has 0 N–H and O–H groups in total. The first-order valence-electron chi connectivity index (χ1n) is 8.44. The molecule has 2 atom stereocenters. The molecular formula is C20H22BrNO3.